The number of fused-ring (bicyclic) bond motifs is 1. The minimum atomic E-state index is -0.565. The van der Waals surface area contributed by atoms with Gasteiger partial charge in [0.25, 0.3) is 0 Å². The third kappa shape index (κ3) is 4.77. The third-order valence-electron chi connectivity index (χ3n) is 5.91. The zero-order chi connectivity index (χ0) is 20.2. The van der Waals surface area contributed by atoms with E-state index in [-0.39, 0.29) is 11.8 Å². The molecule has 1 unspecified atom stereocenters. The largest absolute Gasteiger partial charge is 0.390 e. The Bertz CT molecular complexity index is 879. The minimum absolute atomic E-state index is 0.0505. The smallest absolute Gasteiger partial charge is 0.236 e. The lowest BCUT2D eigenvalue weighted by molar-refractivity contribution is -0.131. The first-order valence-electron chi connectivity index (χ1n) is 10.5. The van der Waals surface area contributed by atoms with Crippen molar-refractivity contribution in [2.24, 2.45) is 0 Å². The van der Waals surface area contributed by atoms with Crippen molar-refractivity contribution < 1.29 is 14.7 Å². The molecule has 2 aromatic carbocycles. The second-order valence-electron chi connectivity index (χ2n) is 8.14. The van der Waals surface area contributed by atoms with Gasteiger partial charge in [0.2, 0.25) is 11.8 Å². The second-order valence-corrected chi connectivity index (χ2v) is 8.14. The average molecular weight is 396 g/mol. The molecule has 6 nitrogen and oxygen atoms in total. The molecule has 0 aliphatic carbocycles. The number of aliphatic hydroxyl groups is 1. The third-order valence-corrected chi connectivity index (χ3v) is 5.91. The second kappa shape index (κ2) is 8.93. The molecule has 6 heteroatoms. The summed E-state index contributed by atoms with van der Waals surface area (Å²) in [5.74, 6) is 0.267. The van der Waals surface area contributed by atoms with Crippen LogP contribution in [-0.4, -0.2) is 77.0 Å². The molecule has 1 atom stereocenters. The van der Waals surface area contributed by atoms with Gasteiger partial charge < -0.3 is 14.9 Å². The molecule has 1 N–H and O–H groups in total. The molecule has 0 saturated carbocycles. The number of β-amino-alcohol motifs (C(OH)–C–C–N with tert-alkyl or cyclic N) is 1. The normalized spacial score (nSPS) is 21.2. The molecule has 0 spiro atoms. The summed E-state index contributed by atoms with van der Waals surface area (Å²) in [5.41, 5.74) is 1.17. The first-order valence-corrected chi connectivity index (χ1v) is 10.5. The lowest BCUT2D eigenvalue weighted by Gasteiger charge is -2.23. The lowest BCUT2D eigenvalue weighted by atomic mass is 10.0. The van der Waals surface area contributed by atoms with E-state index in [2.05, 4.69) is 24.3 Å². The Labute approximate surface area is 171 Å². The summed E-state index contributed by atoms with van der Waals surface area (Å²) in [6.07, 6.45) is 1.77. The van der Waals surface area contributed by atoms with Crippen LogP contribution in [0.4, 0.5) is 0 Å². The summed E-state index contributed by atoms with van der Waals surface area (Å²) in [5, 5.41) is 12.9. The maximum absolute atomic E-state index is 12.8. The van der Waals surface area contributed by atoms with E-state index in [4.69, 9.17) is 0 Å². The lowest BCUT2D eigenvalue weighted by Crippen LogP contribution is -2.39. The van der Waals surface area contributed by atoms with Crippen molar-refractivity contribution >= 4 is 22.6 Å². The topological polar surface area (TPSA) is 64.1 Å². The Kier molecular flexibility index (Phi) is 6.11. The molecule has 0 aromatic heterocycles. The molecule has 2 amide bonds. The van der Waals surface area contributed by atoms with Gasteiger partial charge in [-0.05, 0) is 29.2 Å². The van der Waals surface area contributed by atoms with E-state index in [0.29, 0.717) is 45.7 Å². The number of benzene rings is 2. The van der Waals surface area contributed by atoms with Gasteiger partial charge >= 0.3 is 0 Å². The summed E-state index contributed by atoms with van der Waals surface area (Å²) in [4.78, 5) is 30.2. The molecule has 2 saturated heterocycles. The number of aliphatic hydroxyl groups excluding tert-OH is 1. The molecule has 29 heavy (non-hydrogen) atoms. The number of amides is 2. The fraction of sp³-hybridized carbons (Fsp3) is 0.478. The highest BCUT2D eigenvalue weighted by Crippen LogP contribution is 2.21. The van der Waals surface area contributed by atoms with Crippen molar-refractivity contribution in [1.82, 2.24) is 14.7 Å². The Hall–Kier alpha value is -2.44. The van der Waals surface area contributed by atoms with Gasteiger partial charge in [-0.3, -0.25) is 14.5 Å². The van der Waals surface area contributed by atoms with E-state index < -0.39 is 6.10 Å². The van der Waals surface area contributed by atoms with Crippen LogP contribution < -0.4 is 0 Å². The highest BCUT2D eigenvalue weighted by atomic mass is 16.3. The van der Waals surface area contributed by atoms with E-state index in [9.17, 15) is 14.7 Å². The van der Waals surface area contributed by atoms with Gasteiger partial charge in [0.15, 0.2) is 0 Å². The van der Waals surface area contributed by atoms with E-state index in [0.717, 1.165) is 19.4 Å². The van der Waals surface area contributed by atoms with Crippen molar-refractivity contribution in [2.45, 2.75) is 31.9 Å². The monoisotopic (exact) mass is 395 g/mol. The maximum atomic E-state index is 12.8. The zero-order valence-corrected chi connectivity index (χ0v) is 16.8. The SMILES string of the molecule is O=C1CCCN1CCCN1CC(O)CN(Cc2cccc3ccccc23)CC1=O. The molecule has 4 rings (SSSR count). The molecule has 2 aliphatic heterocycles. The fourth-order valence-electron chi connectivity index (χ4n) is 4.47. The van der Waals surface area contributed by atoms with Gasteiger partial charge in [-0.15, -0.1) is 0 Å². The van der Waals surface area contributed by atoms with Crippen molar-refractivity contribution in [3.05, 3.63) is 48.0 Å². The zero-order valence-electron chi connectivity index (χ0n) is 16.8. The first kappa shape index (κ1) is 19.9. The maximum Gasteiger partial charge on any atom is 0.236 e. The summed E-state index contributed by atoms with van der Waals surface area (Å²) in [7, 11) is 0. The minimum Gasteiger partial charge on any atom is -0.390 e. The van der Waals surface area contributed by atoms with Gasteiger partial charge in [0.05, 0.1) is 12.6 Å². The average Bonchev–Trinajstić information content (AvgIpc) is 3.06. The van der Waals surface area contributed by atoms with Gasteiger partial charge in [-0.2, -0.15) is 0 Å². The number of hydrogen-bond donors (Lipinski definition) is 1. The highest BCUT2D eigenvalue weighted by Gasteiger charge is 2.27. The van der Waals surface area contributed by atoms with Crippen LogP contribution in [0.1, 0.15) is 24.8 Å². The molecule has 2 heterocycles. The molecule has 2 aliphatic rings. The van der Waals surface area contributed by atoms with Crippen LogP contribution in [0, 0.1) is 0 Å². The Morgan fingerprint density at radius 1 is 0.931 bits per heavy atom. The van der Waals surface area contributed by atoms with Gasteiger partial charge in [-0.1, -0.05) is 42.5 Å². The number of likely N-dealkylation sites (tertiary alicyclic amines) is 1. The van der Waals surface area contributed by atoms with Gasteiger partial charge in [0.1, 0.15) is 0 Å². The number of rotatable bonds is 6. The summed E-state index contributed by atoms with van der Waals surface area (Å²) < 4.78 is 0. The molecular weight excluding hydrogens is 366 g/mol. The van der Waals surface area contributed by atoms with Gasteiger partial charge in [0, 0.05) is 45.7 Å². The van der Waals surface area contributed by atoms with Crippen LogP contribution in [0.25, 0.3) is 10.8 Å². The summed E-state index contributed by atoms with van der Waals surface area (Å²) >= 11 is 0. The molecule has 154 valence electrons. The summed E-state index contributed by atoms with van der Waals surface area (Å²) in [6, 6.07) is 14.5. The van der Waals surface area contributed by atoms with Crippen LogP contribution in [0.2, 0.25) is 0 Å². The van der Waals surface area contributed by atoms with Crippen molar-refractivity contribution in [1.29, 1.82) is 0 Å². The van der Waals surface area contributed by atoms with Crippen molar-refractivity contribution in [3.8, 4) is 0 Å². The number of nitrogens with zero attached hydrogens (tertiary/aromatic N) is 3. The molecule has 0 bridgehead atoms. The number of carbonyl (C=O) groups is 2. The number of hydrogen-bond acceptors (Lipinski definition) is 4. The predicted molar refractivity (Wildman–Crippen MR) is 112 cm³/mol. The quantitative estimate of drug-likeness (QED) is 0.811. The van der Waals surface area contributed by atoms with Crippen LogP contribution in [0.3, 0.4) is 0 Å². The van der Waals surface area contributed by atoms with Gasteiger partial charge in [-0.25, -0.2) is 0 Å². The highest BCUT2D eigenvalue weighted by molar-refractivity contribution is 5.85. The standard InChI is InChI=1S/C23H29N3O3/c27-20-15-24(14-19-8-3-7-18-6-1-2-9-21(18)19)17-23(29)26(16-20)13-5-12-25-11-4-10-22(25)28/h1-3,6-9,20,27H,4-5,10-17H2. The van der Waals surface area contributed by atoms with E-state index >= 15 is 0 Å². The first-order chi connectivity index (χ1) is 14.1. The molecule has 0 radical (unpaired) electrons. The van der Waals surface area contributed by atoms with Crippen LogP contribution in [0.15, 0.2) is 42.5 Å². The Morgan fingerprint density at radius 3 is 2.55 bits per heavy atom. The summed E-state index contributed by atoms with van der Waals surface area (Å²) in [6.45, 7) is 3.90. The fourth-order valence-corrected chi connectivity index (χ4v) is 4.47. The van der Waals surface area contributed by atoms with Crippen LogP contribution in [0.5, 0.6) is 0 Å². The predicted octanol–water partition coefficient (Wildman–Crippen LogP) is 1.86. The molecule has 2 fully saturated rings. The van der Waals surface area contributed by atoms with Crippen molar-refractivity contribution in [2.75, 3.05) is 39.3 Å². The Morgan fingerprint density at radius 2 is 1.72 bits per heavy atom. The van der Waals surface area contributed by atoms with Crippen LogP contribution >= 0.6 is 0 Å². The van der Waals surface area contributed by atoms with Crippen LogP contribution in [-0.2, 0) is 16.1 Å². The van der Waals surface area contributed by atoms with E-state index in [1.807, 2.05) is 28.0 Å². The number of carbonyl (C=O) groups excluding carboxylic acids is 2. The Balaban J connectivity index is 1.37. The van der Waals surface area contributed by atoms with E-state index in [1.54, 1.807) is 4.90 Å². The van der Waals surface area contributed by atoms with Crippen molar-refractivity contribution in [3.63, 3.8) is 0 Å². The molecule has 2 aromatic rings. The molecular formula is C23H29N3O3. The van der Waals surface area contributed by atoms with E-state index in [1.165, 1.54) is 16.3 Å².